The smallest absolute Gasteiger partial charge is 0.229 e. The zero-order valence-corrected chi connectivity index (χ0v) is 18.8. The average molecular weight is 443 g/mol. The van der Waals surface area contributed by atoms with Crippen molar-refractivity contribution in [2.24, 2.45) is 17.8 Å². The summed E-state index contributed by atoms with van der Waals surface area (Å²) in [5.41, 5.74) is 3.59. The Morgan fingerprint density at radius 3 is 2.76 bits per heavy atom. The number of nitrogens with zero attached hydrogens (tertiary/aromatic N) is 7. The number of ketones is 1. The highest BCUT2D eigenvalue weighted by Crippen LogP contribution is 2.59. The lowest BCUT2D eigenvalue weighted by molar-refractivity contribution is -0.141. The molecule has 0 saturated heterocycles. The molecule has 3 aromatic heterocycles. The van der Waals surface area contributed by atoms with Gasteiger partial charge in [-0.05, 0) is 56.6 Å². The van der Waals surface area contributed by atoms with E-state index >= 15 is 0 Å². The molecule has 3 aromatic rings. The number of Topliss-reactive ketones (excluding diaryl/α,β-unsaturated/α-hetero) is 1. The molecular weight excluding hydrogens is 416 g/mol. The van der Waals surface area contributed by atoms with Crippen LogP contribution in [0, 0.1) is 24.7 Å². The number of aryl methyl sites for hydroxylation is 1. The fourth-order valence-corrected chi connectivity index (χ4v) is 6.93. The number of carbonyl (C=O) groups is 1. The van der Waals surface area contributed by atoms with Gasteiger partial charge in [-0.15, -0.1) is 0 Å². The first-order valence-corrected chi connectivity index (χ1v) is 11.6. The van der Waals surface area contributed by atoms with Gasteiger partial charge in [-0.3, -0.25) is 4.79 Å². The summed E-state index contributed by atoms with van der Waals surface area (Å²) < 4.78 is 1.73. The molecule has 0 aromatic carbocycles. The second-order valence-electron chi connectivity index (χ2n) is 10.2. The zero-order valence-electron chi connectivity index (χ0n) is 18.8. The normalized spacial score (nSPS) is 29.9. The van der Waals surface area contributed by atoms with Crippen molar-refractivity contribution < 1.29 is 4.79 Å². The molecule has 0 amide bonds. The molecule has 4 bridgehead atoms. The molecule has 33 heavy (non-hydrogen) atoms. The number of anilines is 4. The first-order valence-electron chi connectivity index (χ1n) is 11.6. The summed E-state index contributed by atoms with van der Waals surface area (Å²) in [5, 5.41) is 7.61. The lowest BCUT2D eigenvalue weighted by atomic mass is 9.52. The Kier molecular flexibility index (Phi) is 3.63. The number of fused-ring (bicyclic) bond motifs is 2. The minimum atomic E-state index is -0.0812. The Bertz CT molecular complexity index is 1330. The molecule has 1 N–H and O–H groups in total. The van der Waals surface area contributed by atoms with Crippen molar-refractivity contribution in [2.75, 3.05) is 22.2 Å². The highest BCUT2D eigenvalue weighted by molar-refractivity contribution is 5.88. The van der Waals surface area contributed by atoms with Gasteiger partial charge in [-0.2, -0.15) is 10.1 Å². The predicted octanol–water partition coefficient (Wildman–Crippen LogP) is 3.45. The molecule has 5 aliphatic rings. The number of nitrogens with one attached hydrogen (secondary N) is 1. The van der Waals surface area contributed by atoms with E-state index in [2.05, 4.69) is 36.8 Å². The molecule has 4 saturated carbocycles. The third-order valence-corrected chi connectivity index (χ3v) is 8.27. The molecule has 4 fully saturated rings. The van der Waals surface area contributed by atoms with E-state index in [1.54, 1.807) is 10.8 Å². The van der Waals surface area contributed by atoms with Gasteiger partial charge in [0.25, 0.3) is 0 Å². The maximum atomic E-state index is 12.8. The molecule has 4 aliphatic carbocycles. The highest BCUT2D eigenvalue weighted by Gasteiger charge is 2.59. The van der Waals surface area contributed by atoms with Gasteiger partial charge < -0.3 is 15.1 Å². The van der Waals surface area contributed by atoms with E-state index in [9.17, 15) is 4.79 Å². The molecule has 0 radical (unpaired) electrons. The second kappa shape index (κ2) is 6.30. The van der Waals surface area contributed by atoms with Gasteiger partial charge >= 0.3 is 0 Å². The van der Waals surface area contributed by atoms with Gasteiger partial charge in [0.05, 0.1) is 18.1 Å². The number of rotatable bonds is 3. The van der Waals surface area contributed by atoms with E-state index in [-0.39, 0.29) is 17.4 Å². The quantitative estimate of drug-likeness (QED) is 0.660. The van der Waals surface area contributed by atoms with E-state index in [0.717, 1.165) is 66.3 Å². The Hall–Kier alpha value is -3.49. The first-order chi connectivity index (χ1) is 15.9. The lowest BCUT2D eigenvalue weighted by Gasteiger charge is -2.59. The van der Waals surface area contributed by atoms with Gasteiger partial charge in [-0.25, -0.2) is 14.5 Å². The van der Waals surface area contributed by atoms with Crippen molar-refractivity contribution >= 4 is 34.6 Å². The number of pyridine rings is 1. The standard InChI is InChI=1S/C24H26N8O/c1-13-4-20-26-12-27-31(20)11-18(13)28-23-25-10-19-22(29-23)32(14(2)30(19)3)24-7-15-5-16(8-24)21(33)17(6-15)9-24/h4,10-12,15-17H,2,5-9H2,1,3H3,(H,25,28,29). The first kappa shape index (κ1) is 19.0. The largest absolute Gasteiger partial charge is 0.327 e. The Balaban J connectivity index is 1.28. The Labute approximate surface area is 191 Å². The maximum Gasteiger partial charge on any atom is 0.229 e. The Morgan fingerprint density at radius 2 is 1.97 bits per heavy atom. The topological polar surface area (TPSA) is 91.6 Å². The number of carbonyl (C=O) groups excluding carboxylic acids is 1. The summed E-state index contributed by atoms with van der Waals surface area (Å²) in [6.45, 7) is 6.45. The number of hydrogen-bond acceptors (Lipinski definition) is 8. The van der Waals surface area contributed by atoms with Crippen LogP contribution in [0.1, 0.15) is 37.7 Å². The van der Waals surface area contributed by atoms with Gasteiger partial charge in [0.1, 0.15) is 23.6 Å². The minimum Gasteiger partial charge on any atom is -0.327 e. The van der Waals surface area contributed by atoms with Crippen molar-refractivity contribution in [3.63, 3.8) is 0 Å². The summed E-state index contributed by atoms with van der Waals surface area (Å²) in [4.78, 5) is 31.0. The summed E-state index contributed by atoms with van der Waals surface area (Å²) >= 11 is 0. The summed E-state index contributed by atoms with van der Waals surface area (Å²) in [7, 11) is 2.02. The van der Waals surface area contributed by atoms with Crippen molar-refractivity contribution in [3.05, 3.63) is 42.8 Å². The predicted molar refractivity (Wildman–Crippen MR) is 124 cm³/mol. The summed E-state index contributed by atoms with van der Waals surface area (Å²) in [6.07, 6.45) is 10.3. The van der Waals surface area contributed by atoms with Crippen LogP contribution < -0.4 is 15.1 Å². The molecule has 0 spiro atoms. The van der Waals surface area contributed by atoms with E-state index in [4.69, 9.17) is 4.98 Å². The highest BCUT2D eigenvalue weighted by atomic mass is 16.1. The fraction of sp³-hybridized carbons (Fsp3) is 0.458. The summed E-state index contributed by atoms with van der Waals surface area (Å²) in [5.74, 6) is 3.83. The monoisotopic (exact) mass is 442 g/mol. The van der Waals surface area contributed by atoms with Crippen molar-refractivity contribution in [3.8, 4) is 0 Å². The van der Waals surface area contributed by atoms with Crippen molar-refractivity contribution in [2.45, 2.75) is 44.6 Å². The van der Waals surface area contributed by atoms with Gasteiger partial charge in [-0.1, -0.05) is 6.58 Å². The van der Waals surface area contributed by atoms with Crippen molar-refractivity contribution in [1.82, 2.24) is 24.6 Å². The second-order valence-corrected chi connectivity index (χ2v) is 10.2. The SMILES string of the molecule is C=C1N(C)c2cnc(Nc3cn4ncnc4cc3C)nc2N1C12CC3CC(C1)C(=O)C(C3)C2. The third-order valence-electron chi connectivity index (χ3n) is 8.27. The lowest BCUT2D eigenvalue weighted by Crippen LogP contribution is -2.62. The van der Waals surface area contributed by atoms with Crippen LogP contribution >= 0.6 is 0 Å². The average Bonchev–Trinajstić information content (AvgIpc) is 3.33. The summed E-state index contributed by atoms with van der Waals surface area (Å²) in [6, 6.07) is 1.98. The maximum absolute atomic E-state index is 12.8. The van der Waals surface area contributed by atoms with E-state index < -0.39 is 0 Å². The van der Waals surface area contributed by atoms with E-state index in [0.29, 0.717) is 17.6 Å². The van der Waals surface area contributed by atoms with Crippen LogP contribution in [0.2, 0.25) is 0 Å². The minimum absolute atomic E-state index is 0.0812. The van der Waals surface area contributed by atoms with Crippen molar-refractivity contribution in [1.29, 1.82) is 0 Å². The number of aromatic nitrogens is 5. The van der Waals surface area contributed by atoms with Crippen LogP contribution in [-0.4, -0.2) is 42.9 Å². The molecular formula is C24H26N8O. The van der Waals surface area contributed by atoms with Crippen LogP contribution in [0.3, 0.4) is 0 Å². The van der Waals surface area contributed by atoms with E-state index in [1.165, 1.54) is 0 Å². The Morgan fingerprint density at radius 1 is 1.18 bits per heavy atom. The van der Waals surface area contributed by atoms with Gasteiger partial charge in [0.2, 0.25) is 5.95 Å². The van der Waals surface area contributed by atoms with E-state index in [1.807, 2.05) is 32.4 Å². The van der Waals surface area contributed by atoms with Crippen LogP contribution in [0.4, 0.5) is 23.1 Å². The molecule has 2 unspecified atom stereocenters. The molecule has 9 nitrogen and oxygen atoms in total. The van der Waals surface area contributed by atoms with Crippen LogP contribution in [0.5, 0.6) is 0 Å². The van der Waals surface area contributed by atoms with Gasteiger partial charge in [0.15, 0.2) is 11.5 Å². The molecule has 2 atom stereocenters. The molecule has 8 rings (SSSR count). The van der Waals surface area contributed by atoms with Crippen LogP contribution in [-0.2, 0) is 4.79 Å². The third kappa shape index (κ3) is 2.56. The van der Waals surface area contributed by atoms with Crippen LogP contribution in [0.25, 0.3) is 5.65 Å². The molecule has 1 aliphatic heterocycles. The zero-order chi connectivity index (χ0) is 22.5. The number of hydrogen-bond donors (Lipinski definition) is 1. The molecule has 4 heterocycles. The molecule has 9 heteroatoms. The van der Waals surface area contributed by atoms with Crippen LogP contribution in [0.15, 0.2) is 37.2 Å². The fourth-order valence-electron chi connectivity index (χ4n) is 6.93. The molecule has 168 valence electrons. The van der Waals surface area contributed by atoms with Gasteiger partial charge in [0, 0.05) is 24.4 Å².